The summed E-state index contributed by atoms with van der Waals surface area (Å²) in [7, 11) is 0. The van der Waals surface area contributed by atoms with Crippen LogP contribution >= 0.6 is 11.8 Å². The first-order chi connectivity index (χ1) is 11.8. The lowest BCUT2D eigenvalue weighted by atomic mass is 10.2. The lowest BCUT2D eigenvalue weighted by Crippen LogP contribution is -2.28. The van der Waals surface area contributed by atoms with Gasteiger partial charge >= 0.3 is 11.5 Å². The second-order valence-corrected chi connectivity index (χ2v) is 6.05. The number of esters is 1. The van der Waals surface area contributed by atoms with Crippen molar-refractivity contribution in [1.29, 1.82) is 0 Å². The van der Waals surface area contributed by atoms with Gasteiger partial charge in [0, 0.05) is 11.4 Å². The monoisotopic (exact) mass is 369 g/mol. The zero-order valence-corrected chi connectivity index (χ0v) is 13.7. The Hall–Kier alpha value is -2.48. The van der Waals surface area contributed by atoms with E-state index in [0.717, 1.165) is 5.56 Å². The number of hydrogen-bond acceptors (Lipinski definition) is 4. The number of carbonyl (C=O) groups is 2. The minimum atomic E-state index is -4.39. The van der Waals surface area contributed by atoms with E-state index in [0.29, 0.717) is 6.54 Å². The van der Waals surface area contributed by atoms with Crippen LogP contribution < -0.4 is 5.32 Å². The Bertz CT molecular complexity index is 718. The molecule has 0 spiro atoms. The summed E-state index contributed by atoms with van der Waals surface area (Å²) in [6, 6.07) is 14.0. The van der Waals surface area contributed by atoms with E-state index in [2.05, 4.69) is 5.32 Å². The third-order valence-corrected chi connectivity index (χ3v) is 3.73. The molecule has 0 aliphatic carbocycles. The molecule has 0 aromatic heterocycles. The molecule has 0 fully saturated rings. The molecule has 0 atom stereocenters. The van der Waals surface area contributed by atoms with E-state index in [-0.39, 0.29) is 22.2 Å². The van der Waals surface area contributed by atoms with Crippen LogP contribution in [0.25, 0.3) is 0 Å². The smallest absolute Gasteiger partial charge is 0.446 e. The Morgan fingerprint density at radius 2 is 1.64 bits per heavy atom. The van der Waals surface area contributed by atoms with Gasteiger partial charge < -0.3 is 10.1 Å². The molecular weight excluding hydrogens is 355 g/mol. The molecule has 0 saturated heterocycles. The summed E-state index contributed by atoms with van der Waals surface area (Å²) in [6.45, 7) is -0.161. The van der Waals surface area contributed by atoms with Gasteiger partial charge in [0.05, 0.1) is 5.56 Å². The number of rotatable bonds is 6. The summed E-state index contributed by atoms with van der Waals surface area (Å²) in [5.41, 5.74) is -3.42. The molecule has 0 unspecified atom stereocenters. The number of thioether (sulfide) groups is 1. The number of carbonyl (C=O) groups excluding carboxylic acids is 2. The molecule has 0 radical (unpaired) electrons. The molecule has 0 aliphatic heterocycles. The van der Waals surface area contributed by atoms with Crippen molar-refractivity contribution in [2.24, 2.45) is 0 Å². The zero-order valence-electron chi connectivity index (χ0n) is 12.9. The maximum Gasteiger partial charge on any atom is 0.446 e. The Labute approximate surface area is 146 Å². The summed E-state index contributed by atoms with van der Waals surface area (Å²) >= 11 is -0.272. The van der Waals surface area contributed by atoms with Gasteiger partial charge in [0.25, 0.3) is 5.91 Å². The third kappa shape index (κ3) is 6.88. The molecule has 0 saturated carbocycles. The molecule has 0 bridgehead atoms. The van der Waals surface area contributed by atoms with Gasteiger partial charge in [-0.15, -0.1) is 0 Å². The molecule has 4 nitrogen and oxygen atoms in total. The number of benzene rings is 2. The first kappa shape index (κ1) is 18.9. The van der Waals surface area contributed by atoms with E-state index >= 15 is 0 Å². The summed E-state index contributed by atoms with van der Waals surface area (Å²) in [5, 5.41) is 2.60. The van der Waals surface area contributed by atoms with E-state index in [1.54, 1.807) is 0 Å². The number of halogens is 3. The molecule has 25 heavy (non-hydrogen) atoms. The summed E-state index contributed by atoms with van der Waals surface area (Å²) in [6.07, 6.45) is 0. The highest BCUT2D eigenvalue weighted by atomic mass is 32.2. The number of ether oxygens (including phenoxy) is 1. The van der Waals surface area contributed by atoms with Crippen molar-refractivity contribution in [2.75, 3.05) is 6.61 Å². The van der Waals surface area contributed by atoms with Crippen molar-refractivity contribution < 1.29 is 27.5 Å². The quantitative estimate of drug-likeness (QED) is 0.622. The predicted octanol–water partition coefficient (Wildman–Crippen LogP) is 3.77. The molecule has 2 aromatic rings. The van der Waals surface area contributed by atoms with Crippen LogP contribution in [0.3, 0.4) is 0 Å². The molecule has 1 amide bonds. The summed E-state index contributed by atoms with van der Waals surface area (Å²) in [5.74, 6) is -1.25. The summed E-state index contributed by atoms with van der Waals surface area (Å²) < 4.78 is 41.5. The van der Waals surface area contributed by atoms with E-state index < -0.39 is 24.0 Å². The van der Waals surface area contributed by atoms with Gasteiger partial charge in [0.2, 0.25) is 0 Å². The van der Waals surface area contributed by atoms with Gasteiger partial charge in [0.1, 0.15) is 0 Å². The van der Waals surface area contributed by atoms with E-state index in [9.17, 15) is 22.8 Å². The molecule has 2 aromatic carbocycles. The normalized spacial score (nSPS) is 11.0. The van der Waals surface area contributed by atoms with Gasteiger partial charge in [-0.3, -0.25) is 4.79 Å². The number of amides is 1. The molecule has 132 valence electrons. The highest BCUT2D eigenvalue weighted by Crippen LogP contribution is 2.36. The molecule has 2 rings (SSSR count). The van der Waals surface area contributed by atoms with Crippen LogP contribution in [0.2, 0.25) is 0 Å². The lowest BCUT2D eigenvalue weighted by Gasteiger charge is -2.08. The fraction of sp³-hybridized carbons (Fsp3) is 0.176. The van der Waals surface area contributed by atoms with E-state index in [1.165, 1.54) is 24.3 Å². The van der Waals surface area contributed by atoms with Gasteiger partial charge in [-0.1, -0.05) is 30.3 Å². The Morgan fingerprint density at radius 3 is 2.24 bits per heavy atom. The fourth-order valence-electron chi connectivity index (χ4n) is 1.85. The highest BCUT2D eigenvalue weighted by molar-refractivity contribution is 8.00. The molecule has 1 N–H and O–H groups in total. The van der Waals surface area contributed by atoms with Crippen LogP contribution in [0.5, 0.6) is 0 Å². The Kier molecular flexibility index (Phi) is 6.46. The van der Waals surface area contributed by atoms with Crippen LogP contribution in [0.15, 0.2) is 59.5 Å². The Balaban J connectivity index is 1.78. The standard InChI is InChI=1S/C17H14F3NO3S/c18-17(19,20)25-14-8-6-13(7-9-14)16(23)24-11-15(22)21-10-12-4-2-1-3-5-12/h1-9H,10-11H2,(H,21,22). The second-order valence-electron chi connectivity index (χ2n) is 4.91. The van der Waals surface area contributed by atoms with Crippen LogP contribution in [0, 0.1) is 0 Å². The predicted molar refractivity (Wildman–Crippen MR) is 86.9 cm³/mol. The fourth-order valence-corrected chi connectivity index (χ4v) is 2.39. The van der Waals surface area contributed by atoms with Gasteiger partial charge in [-0.2, -0.15) is 13.2 Å². The maximum absolute atomic E-state index is 12.2. The van der Waals surface area contributed by atoms with Crippen LogP contribution in [0.1, 0.15) is 15.9 Å². The average Bonchev–Trinajstić information content (AvgIpc) is 2.58. The largest absolute Gasteiger partial charge is 0.452 e. The van der Waals surface area contributed by atoms with Crippen molar-refractivity contribution in [2.45, 2.75) is 16.9 Å². The van der Waals surface area contributed by atoms with Gasteiger partial charge in [-0.25, -0.2) is 4.79 Å². The average molecular weight is 369 g/mol. The van der Waals surface area contributed by atoms with Crippen LogP contribution in [0.4, 0.5) is 13.2 Å². The second kappa shape index (κ2) is 8.57. The van der Waals surface area contributed by atoms with Crippen molar-refractivity contribution in [3.05, 3.63) is 65.7 Å². The van der Waals surface area contributed by atoms with Crippen molar-refractivity contribution in [1.82, 2.24) is 5.32 Å². The van der Waals surface area contributed by atoms with E-state index in [1.807, 2.05) is 30.3 Å². The summed E-state index contributed by atoms with van der Waals surface area (Å²) in [4.78, 5) is 23.4. The maximum atomic E-state index is 12.2. The topological polar surface area (TPSA) is 55.4 Å². The third-order valence-electron chi connectivity index (χ3n) is 2.99. The number of nitrogens with one attached hydrogen (secondary N) is 1. The van der Waals surface area contributed by atoms with Crippen molar-refractivity contribution in [3.8, 4) is 0 Å². The van der Waals surface area contributed by atoms with Crippen molar-refractivity contribution >= 4 is 23.6 Å². The minimum Gasteiger partial charge on any atom is -0.452 e. The van der Waals surface area contributed by atoms with Gasteiger partial charge in [0.15, 0.2) is 6.61 Å². The SMILES string of the molecule is O=C(COC(=O)c1ccc(SC(F)(F)F)cc1)NCc1ccccc1. The van der Waals surface area contributed by atoms with Crippen LogP contribution in [-0.4, -0.2) is 24.0 Å². The molecular formula is C17H14F3NO3S. The van der Waals surface area contributed by atoms with E-state index in [4.69, 9.17) is 4.74 Å². The van der Waals surface area contributed by atoms with Crippen molar-refractivity contribution in [3.63, 3.8) is 0 Å². The first-order valence-corrected chi connectivity index (χ1v) is 7.99. The molecule has 0 aliphatic rings. The zero-order chi connectivity index (χ0) is 18.3. The van der Waals surface area contributed by atoms with Gasteiger partial charge in [-0.05, 0) is 41.6 Å². The molecule has 0 heterocycles. The lowest BCUT2D eigenvalue weighted by molar-refractivity contribution is -0.124. The molecule has 8 heteroatoms. The number of hydrogen-bond donors (Lipinski definition) is 1. The number of alkyl halides is 3. The minimum absolute atomic E-state index is 0.0374. The van der Waals surface area contributed by atoms with Crippen LogP contribution in [-0.2, 0) is 16.1 Å². The Morgan fingerprint density at radius 1 is 1.00 bits per heavy atom. The highest BCUT2D eigenvalue weighted by Gasteiger charge is 2.29. The first-order valence-electron chi connectivity index (χ1n) is 7.17.